The molecule has 1 aromatic heterocycles. The third-order valence-corrected chi connectivity index (χ3v) is 6.69. The predicted octanol–water partition coefficient (Wildman–Crippen LogP) is 8.45. The van der Waals surface area contributed by atoms with Crippen LogP contribution in [0.4, 0.5) is 0 Å². The predicted molar refractivity (Wildman–Crippen MR) is 133 cm³/mol. The normalized spacial score (nSPS) is 11.2. The maximum absolute atomic E-state index is 4.45. The first kappa shape index (κ1) is 18.1. The van der Waals surface area contributed by atoms with Gasteiger partial charge in [-0.05, 0) is 43.8 Å². The van der Waals surface area contributed by atoms with Crippen molar-refractivity contribution in [2.24, 2.45) is 0 Å². The molecule has 0 N–H and O–H groups in total. The molecule has 2 heteroatoms. The second-order valence-electron chi connectivity index (χ2n) is 7.65. The maximum Gasteiger partial charge on any atom is 0.123 e. The minimum Gasteiger partial charge on any atom is -0.245 e. The third-order valence-electron chi connectivity index (χ3n) is 5.86. The second kappa shape index (κ2) is 7.50. The summed E-state index contributed by atoms with van der Waals surface area (Å²) in [5, 5.41) is 8.15. The Hall–Kier alpha value is -3.75. The lowest BCUT2D eigenvalue weighted by molar-refractivity contribution is 1.41. The highest BCUT2D eigenvalue weighted by Gasteiger charge is 2.14. The van der Waals surface area contributed by atoms with Gasteiger partial charge in [0.05, 0.1) is 0 Å². The van der Waals surface area contributed by atoms with Gasteiger partial charge in [-0.25, -0.2) is 4.98 Å². The SMILES string of the molecule is c1ccc2c(-c3c(-c4ccc(-c5nccs5)cc4)ccc4ccccc34)cccc2c1. The molecule has 0 aliphatic carbocycles. The first-order chi connectivity index (χ1) is 15.4. The zero-order valence-corrected chi connectivity index (χ0v) is 17.6. The zero-order chi connectivity index (χ0) is 20.6. The van der Waals surface area contributed by atoms with E-state index in [1.807, 2.05) is 11.6 Å². The summed E-state index contributed by atoms with van der Waals surface area (Å²) in [4.78, 5) is 4.45. The second-order valence-corrected chi connectivity index (χ2v) is 8.55. The van der Waals surface area contributed by atoms with Crippen LogP contribution in [0.5, 0.6) is 0 Å². The van der Waals surface area contributed by atoms with E-state index in [0.717, 1.165) is 10.6 Å². The van der Waals surface area contributed by atoms with E-state index < -0.39 is 0 Å². The minimum atomic E-state index is 1.05. The lowest BCUT2D eigenvalue weighted by atomic mass is 9.87. The van der Waals surface area contributed by atoms with Crippen LogP contribution < -0.4 is 0 Å². The van der Waals surface area contributed by atoms with Gasteiger partial charge in [-0.15, -0.1) is 11.3 Å². The number of benzene rings is 5. The summed E-state index contributed by atoms with van der Waals surface area (Å²) < 4.78 is 0. The fraction of sp³-hybridized carbons (Fsp3) is 0. The largest absolute Gasteiger partial charge is 0.245 e. The summed E-state index contributed by atoms with van der Waals surface area (Å²) in [7, 11) is 0. The molecular weight excluding hydrogens is 394 g/mol. The van der Waals surface area contributed by atoms with Crippen LogP contribution in [0.3, 0.4) is 0 Å². The average molecular weight is 414 g/mol. The third kappa shape index (κ3) is 3.13. The highest BCUT2D eigenvalue weighted by atomic mass is 32.1. The highest BCUT2D eigenvalue weighted by molar-refractivity contribution is 7.13. The van der Waals surface area contributed by atoms with Gasteiger partial charge in [0.2, 0.25) is 0 Å². The summed E-state index contributed by atoms with van der Waals surface area (Å²) in [6.07, 6.45) is 1.86. The van der Waals surface area contributed by atoms with Crippen molar-refractivity contribution in [3.05, 3.63) is 115 Å². The monoisotopic (exact) mass is 413 g/mol. The Bertz CT molecular complexity index is 1510. The molecule has 6 rings (SSSR count). The van der Waals surface area contributed by atoms with Gasteiger partial charge in [0.15, 0.2) is 0 Å². The van der Waals surface area contributed by atoms with Crippen LogP contribution in [0, 0.1) is 0 Å². The lowest BCUT2D eigenvalue weighted by Gasteiger charge is -2.16. The van der Waals surface area contributed by atoms with E-state index in [0.29, 0.717) is 0 Å². The van der Waals surface area contributed by atoms with Crippen LogP contribution >= 0.6 is 11.3 Å². The molecule has 0 aliphatic rings. The number of fused-ring (bicyclic) bond motifs is 2. The Labute approximate surface area is 185 Å². The van der Waals surface area contributed by atoms with E-state index in [1.165, 1.54) is 43.8 Å². The standard InChI is InChI=1S/C29H19NS/c1-3-9-24-20(6-1)8-5-11-27(24)28-25-10-4-2-7-21(25)16-17-26(28)22-12-14-23(15-13-22)29-30-18-19-31-29/h1-19H. The summed E-state index contributed by atoms with van der Waals surface area (Å²) in [6.45, 7) is 0. The quantitative estimate of drug-likeness (QED) is 0.283. The van der Waals surface area contributed by atoms with Crippen LogP contribution in [-0.2, 0) is 0 Å². The molecule has 1 nitrogen and oxygen atoms in total. The molecule has 0 atom stereocenters. The molecule has 0 saturated heterocycles. The number of thiazole rings is 1. The van der Waals surface area contributed by atoms with Crippen molar-refractivity contribution in [1.29, 1.82) is 0 Å². The topological polar surface area (TPSA) is 12.9 Å². The van der Waals surface area contributed by atoms with E-state index in [-0.39, 0.29) is 0 Å². The number of hydrogen-bond acceptors (Lipinski definition) is 2. The van der Waals surface area contributed by atoms with E-state index in [9.17, 15) is 0 Å². The van der Waals surface area contributed by atoms with Crippen LogP contribution in [0.25, 0.3) is 54.4 Å². The molecule has 0 spiro atoms. The van der Waals surface area contributed by atoms with Gasteiger partial charge in [-0.3, -0.25) is 0 Å². The number of aromatic nitrogens is 1. The van der Waals surface area contributed by atoms with Gasteiger partial charge in [0.1, 0.15) is 5.01 Å². The van der Waals surface area contributed by atoms with Crippen molar-refractivity contribution >= 4 is 32.9 Å². The molecule has 0 saturated carbocycles. The van der Waals surface area contributed by atoms with Crippen molar-refractivity contribution in [2.45, 2.75) is 0 Å². The maximum atomic E-state index is 4.45. The molecule has 31 heavy (non-hydrogen) atoms. The molecule has 0 amide bonds. The van der Waals surface area contributed by atoms with Crippen molar-refractivity contribution < 1.29 is 0 Å². The molecule has 146 valence electrons. The summed E-state index contributed by atoms with van der Waals surface area (Å²) in [5.41, 5.74) is 6.19. The molecular formula is C29H19NS. The van der Waals surface area contributed by atoms with Crippen LogP contribution in [0.15, 0.2) is 115 Å². The van der Waals surface area contributed by atoms with E-state index in [1.54, 1.807) is 11.3 Å². The molecule has 5 aromatic carbocycles. The van der Waals surface area contributed by atoms with Gasteiger partial charge < -0.3 is 0 Å². The van der Waals surface area contributed by atoms with Crippen molar-refractivity contribution in [3.8, 4) is 32.8 Å². The molecule has 6 aromatic rings. The number of nitrogens with zero attached hydrogens (tertiary/aromatic N) is 1. The Balaban J connectivity index is 1.62. The molecule has 0 radical (unpaired) electrons. The summed E-state index contributed by atoms with van der Waals surface area (Å²) in [6, 6.07) is 37.2. The van der Waals surface area contributed by atoms with Gasteiger partial charge in [-0.1, -0.05) is 103 Å². The van der Waals surface area contributed by atoms with Crippen molar-refractivity contribution in [3.63, 3.8) is 0 Å². The Morgan fingerprint density at radius 1 is 0.516 bits per heavy atom. The van der Waals surface area contributed by atoms with E-state index >= 15 is 0 Å². The summed E-state index contributed by atoms with van der Waals surface area (Å²) in [5.74, 6) is 0. The minimum absolute atomic E-state index is 1.05. The molecule has 0 fully saturated rings. The van der Waals surface area contributed by atoms with Gasteiger partial charge in [0.25, 0.3) is 0 Å². The molecule has 1 heterocycles. The van der Waals surface area contributed by atoms with Crippen LogP contribution in [0.2, 0.25) is 0 Å². The first-order valence-electron chi connectivity index (χ1n) is 10.4. The van der Waals surface area contributed by atoms with Crippen LogP contribution in [0.1, 0.15) is 0 Å². The van der Waals surface area contributed by atoms with E-state index in [4.69, 9.17) is 0 Å². The number of rotatable bonds is 3. The fourth-order valence-electron chi connectivity index (χ4n) is 4.40. The number of hydrogen-bond donors (Lipinski definition) is 0. The Morgan fingerprint density at radius 3 is 1.97 bits per heavy atom. The molecule has 0 unspecified atom stereocenters. The van der Waals surface area contributed by atoms with E-state index in [2.05, 4.69) is 108 Å². The Kier molecular flexibility index (Phi) is 4.37. The first-order valence-corrected chi connectivity index (χ1v) is 11.3. The smallest absolute Gasteiger partial charge is 0.123 e. The van der Waals surface area contributed by atoms with Gasteiger partial charge in [-0.2, -0.15) is 0 Å². The molecule has 0 aliphatic heterocycles. The van der Waals surface area contributed by atoms with Gasteiger partial charge >= 0.3 is 0 Å². The molecule has 0 bridgehead atoms. The van der Waals surface area contributed by atoms with Crippen molar-refractivity contribution in [1.82, 2.24) is 4.98 Å². The lowest BCUT2D eigenvalue weighted by Crippen LogP contribution is -1.90. The van der Waals surface area contributed by atoms with Crippen LogP contribution in [-0.4, -0.2) is 4.98 Å². The van der Waals surface area contributed by atoms with Crippen molar-refractivity contribution in [2.75, 3.05) is 0 Å². The fourth-order valence-corrected chi connectivity index (χ4v) is 5.05. The Morgan fingerprint density at radius 2 is 1.19 bits per heavy atom. The van der Waals surface area contributed by atoms with Gasteiger partial charge in [0, 0.05) is 17.1 Å². The highest BCUT2D eigenvalue weighted by Crippen LogP contribution is 2.41. The average Bonchev–Trinajstić information content (AvgIpc) is 3.38. The zero-order valence-electron chi connectivity index (χ0n) is 16.8. The summed E-state index contributed by atoms with van der Waals surface area (Å²) >= 11 is 1.67.